The summed E-state index contributed by atoms with van der Waals surface area (Å²) in [5.41, 5.74) is -0.208. The number of carbonyl (C=O) groups excluding carboxylic acids is 2. The average Bonchev–Trinajstić information content (AvgIpc) is 2.76. The van der Waals surface area contributed by atoms with Crippen molar-refractivity contribution < 1.29 is 14.7 Å². The summed E-state index contributed by atoms with van der Waals surface area (Å²) in [5, 5.41) is 10.9. The van der Waals surface area contributed by atoms with Gasteiger partial charge in [0.2, 0.25) is 0 Å². The highest BCUT2D eigenvalue weighted by atomic mass is 16.3. The van der Waals surface area contributed by atoms with E-state index in [2.05, 4.69) is 4.98 Å². The standard InChI is InChI=1S/C17H16N2O3/c1-2-19-14-6-4-3-5-13(14)17(22,16(19)21)11-15(20)12-7-9-18-10-8-12/h3-10,22H,2,11H2,1H3/t17-/m0/s1. The van der Waals surface area contributed by atoms with E-state index in [0.717, 1.165) is 0 Å². The molecule has 0 unspecified atom stereocenters. The number of hydrogen-bond donors (Lipinski definition) is 1. The lowest BCUT2D eigenvalue weighted by molar-refractivity contribution is -0.135. The fourth-order valence-electron chi connectivity index (χ4n) is 2.86. The van der Waals surface area contributed by atoms with Crippen molar-refractivity contribution in [2.45, 2.75) is 18.9 Å². The summed E-state index contributed by atoms with van der Waals surface area (Å²) in [4.78, 5) is 30.4. The third kappa shape index (κ3) is 2.10. The van der Waals surface area contributed by atoms with E-state index in [0.29, 0.717) is 23.4 Å². The fourth-order valence-corrected chi connectivity index (χ4v) is 2.86. The maximum atomic E-state index is 12.6. The van der Waals surface area contributed by atoms with Crippen LogP contribution in [0.1, 0.15) is 29.3 Å². The van der Waals surface area contributed by atoms with Crippen molar-refractivity contribution in [3.05, 3.63) is 59.9 Å². The minimum Gasteiger partial charge on any atom is -0.375 e. The molecule has 0 bridgehead atoms. The molecule has 0 spiro atoms. The number of fused-ring (bicyclic) bond motifs is 1. The summed E-state index contributed by atoms with van der Waals surface area (Å²) in [5.74, 6) is -0.732. The summed E-state index contributed by atoms with van der Waals surface area (Å²) < 4.78 is 0. The average molecular weight is 296 g/mol. The predicted molar refractivity (Wildman–Crippen MR) is 81.6 cm³/mol. The zero-order valence-electron chi connectivity index (χ0n) is 12.2. The van der Waals surface area contributed by atoms with Crippen molar-refractivity contribution in [1.29, 1.82) is 0 Å². The van der Waals surface area contributed by atoms with Gasteiger partial charge in [-0.1, -0.05) is 18.2 Å². The molecule has 1 N–H and O–H groups in total. The Morgan fingerprint density at radius 3 is 2.59 bits per heavy atom. The van der Waals surface area contributed by atoms with Crippen molar-refractivity contribution >= 4 is 17.4 Å². The number of aliphatic hydroxyl groups is 1. The first-order valence-corrected chi connectivity index (χ1v) is 7.15. The van der Waals surface area contributed by atoms with Gasteiger partial charge in [-0.2, -0.15) is 0 Å². The smallest absolute Gasteiger partial charge is 0.264 e. The molecule has 1 aliphatic heterocycles. The zero-order chi connectivity index (χ0) is 15.7. The summed E-state index contributed by atoms with van der Waals surface area (Å²) in [7, 11) is 0. The molecule has 0 fully saturated rings. The van der Waals surface area contributed by atoms with Crippen LogP contribution in [0, 0.1) is 0 Å². The van der Waals surface area contributed by atoms with E-state index in [1.54, 1.807) is 30.3 Å². The molecule has 1 amide bonds. The van der Waals surface area contributed by atoms with Gasteiger partial charge in [0.25, 0.3) is 5.91 Å². The molecule has 112 valence electrons. The number of ketones is 1. The SMILES string of the molecule is CCN1C(=O)[C@](O)(CC(=O)c2ccncc2)c2ccccc21. The minimum absolute atomic E-state index is 0.274. The predicted octanol–water partition coefficient (Wildman–Crippen LogP) is 1.91. The molecule has 0 saturated heterocycles. The molecule has 1 aromatic carbocycles. The molecule has 0 aliphatic carbocycles. The summed E-state index contributed by atoms with van der Waals surface area (Å²) in [6, 6.07) is 10.2. The first-order chi connectivity index (χ1) is 10.6. The van der Waals surface area contributed by atoms with Gasteiger partial charge in [0, 0.05) is 30.1 Å². The fraction of sp³-hybridized carbons (Fsp3) is 0.235. The molecule has 1 aliphatic rings. The van der Waals surface area contributed by atoms with Crippen LogP contribution in [0.5, 0.6) is 0 Å². The van der Waals surface area contributed by atoms with E-state index in [4.69, 9.17) is 0 Å². The highest BCUT2D eigenvalue weighted by molar-refractivity contribution is 6.10. The van der Waals surface area contributed by atoms with Crippen LogP contribution in [-0.2, 0) is 10.4 Å². The van der Waals surface area contributed by atoms with Gasteiger partial charge < -0.3 is 10.0 Å². The quantitative estimate of drug-likeness (QED) is 0.875. The van der Waals surface area contributed by atoms with E-state index >= 15 is 0 Å². The largest absolute Gasteiger partial charge is 0.375 e. The van der Waals surface area contributed by atoms with Gasteiger partial charge in [-0.15, -0.1) is 0 Å². The van der Waals surface area contributed by atoms with Crippen LogP contribution in [0.15, 0.2) is 48.8 Å². The van der Waals surface area contributed by atoms with Gasteiger partial charge in [-0.25, -0.2) is 0 Å². The summed E-state index contributed by atoms with van der Waals surface area (Å²) in [6.07, 6.45) is 2.75. The van der Waals surface area contributed by atoms with Crippen LogP contribution >= 0.6 is 0 Å². The second kappa shape index (κ2) is 5.35. The van der Waals surface area contributed by atoms with Crippen molar-refractivity contribution in [3.8, 4) is 0 Å². The summed E-state index contributed by atoms with van der Waals surface area (Å²) >= 11 is 0. The van der Waals surface area contributed by atoms with E-state index in [1.165, 1.54) is 17.3 Å². The number of anilines is 1. The molecule has 5 heteroatoms. The Labute approximate surface area is 128 Å². The first kappa shape index (κ1) is 14.4. The number of Topliss-reactive ketones (excluding diaryl/α,β-unsaturated/α-hetero) is 1. The molecule has 2 heterocycles. The van der Waals surface area contributed by atoms with Crippen LogP contribution in [0.4, 0.5) is 5.69 Å². The third-order valence-electron chi connectivity index (χ3n) is 3.97. The lowest BCUT2D eigenvalue weighted by Crippen LogP contribution is -2.41. The Hall–Kier alpha value is -2.53. The molecule has 5 nitrogen and oxygen atoms in total. The van der Waals surface area contributed by atoms with Crippen molar-refractivity contribution in [3.63, 3.8) is 0 Å². The van der Waals surface area contributed by atoms with Gasteiger partial charge in [0.05, 0.1) is 12.1 Å². The first-order valence-electron chi connectivity index (χ1n) is 7.15. The molecule has 3 rings (SSSR count). The number of likely N-dealkylation sites (N-methyl/N-ethyl adjacent to an activating group) is 1. The van der Waals surface area contributed by atoms with E-state index < -0.39 is 11.5 Å². The maximum Gasteiger partial charge on any atom is 0.264 e. The van der Waals surface area contributed by atoms with E-state index in [9.17, 15) is 14.7 Å². The van der Waals surface area contributed by atoms with Crippen LogP contribution in [0.3, 0.4) is 0 Å². The number of para-hydroxylation sites is 1. The molecule has 2 aromatic rings. The number of carbonyl (C=O) groups is 2. The number of rotatable bonds is 4. The highest BCUT2D eigenvalue weighted by Gasteiger charge is 2.50. The Balaban J connectivity index is 1.99. The molecular formula is C17H16N2O3. The van der Waals surface area contributed by atoms with Gasteiger partial charge in [-0.3, -0.25) is 14.6 Å². The Morgan fingerprint density at radius 2 is 1.91 bits per heavy atom. The van der Waals surface area contributed by atoms with Crippen LogP contribution in [0.25, 0.3) is 0 Å². The number of nitrogens with zero attached hydrogens (tertiary/aromatic N) is 2. The third-order valence-corrected chi connectivity index (χ3v) is 3.97. The normalized spacial score (nSPS) is 20.1. The lowest BCUT2D eigenvalue weighted by Gasteiger charge is -2.22. The highest BCUT2D eigenvalue weighted by Crippen LogP contribution is 2.42. The second-order valence-corrected chi connectivity index (χ2v) is 5.26. The van der Waals surface area contributed by atoms with Gasteiger partial charge in [-0.05, 0) is 25.1 Å². The maximum absolute atomic E-state index is 12.6. The molecule has 0 saturated carbocycles. The van der Waals surface area contributed by atoms with E-state index in [1.807, 2.05) is 13.0 Å². The zero-order valence-corrected chi connectivity index (χ0v) is 12.2. The van der Waals surface area contributed by atoms with Crippen molar-refractivity contribution in [1.82, 2.24) is 4.98 Å². The second-order valence-electron chi connectivity index (χ2n) is 5.26. The van der Waals surface area contributed by atoms with Gasteiger partial charge >= 0.3 is 0 Å². The minimum atomic E-state index is -1.80. The Bertz CT molecular complexity index is 730. The molecule has 1 aromatic heterocycles. The number of aromatic nitrogens is 1. The molecule has 22 heavy (non-hydrogen) atoms. The van der Waals surface area contributed by atoms with Gasteiger partial charge in [0.1, 0.15) is 0 Å². The summed E-state index contributed by atoms with van der Waals surface area (Å²) in [6.45, 7) is 2.28. The van der Waals surface area contributed by atoms with Crippen LogP contribution in [-0.4, -0.2) is 28.3 Å². The number of amides is 1. The van der Waals surface area contributed by atoms with Crippen molar-refractivity contribution in [2.75, 3.05) is 11.4 Å². The van der Waals surface area contributed by atoms with Crippen LogP contribution in [0.2, 0.25) is 0 Å². The number of pyridine rings is 1. The molecule has 1 atom stereocenters. The number of hydrogen-bond acceptors (Lipinski definition) is 4. The topological polar surface area (TPSA) is 70.5 Å². The van der Waals surface area contributed by atoms with Crippen LogP contribution < -0.4 is 4.90 Å². The van der Waals surface area contributed by atoms with E-state index in [-0.39, 0.29) is 12.2 Å². The molecule has 0 radical (unpaired) electrons. The Kier molecular flexibility index (Phi) is 3.50. The number of benzene rings is 1. The Morgan fingerprint density at radius 1 is 1.23 bits per heavy atom. The molecular weight excluding hydrogens is 280 g/mol. The van der Waals surface area contributed by atoms with Crippen molar-refractivity contribution in [2.24, 2.45) is 0 Å². The monoisotopic (exact) mass is 296 g/mol. The van der Waals surface area contributed by atoms with Gasteiger partial charge in [0.15, 0.2) is 11.4 Å². The lowest BCUT2D eigenvalue weighted by atomic mass is 9.88.